The number of aliphatic hydroxyl groups excluding tert-OH is 1. The van der Waals surface area contributed by atoms with E-state index in [1.807, 2.05) is 36.0 Å². The van der Waals surface area contributed by atoms with Crippen LogP contribution in [0.25, 0.3) is 11.4 Å². The molecule has 34 heavy (non-hydrogen) atoms. The van der Waals surface area contributed by atoms with Crippen LogP contribution in [0.15, 0.2) is 30.3 Å². The quantitative estimate of drug-likeness (QED) is 0.512. The second-order valence-corrected chi connectivity index (χ2v) is 12.1. The molecule has 1 saturated heterocycles. The number of morpholine rings is 1. The Morgan fingerprint density at radius 1 is 1.15 bits per heavy atom. The second kappa shape index (κ2) is 10.9. The van der Waals surface area contributed by atoms with Crippen LogP contribution in [-0.2, 0) is 9.48 Å². The highest BCUT2D eigenvalue weighted by molar-refractivity contribution is 8.00. The fourth-order valence-corrected chi connectivity index (χ4v) is 5.09. The minimum absolute atomic E-state index is 0.149. The third-order valence-electron chi connectivity index (χ3n) is 5.44. The summed E-state index contributed by atoms with van der Waals surface area (Å²) in [6.07, 6.45) is 0. The predicted octanol–water partition coefficient (Wildman–Crippen LogP) is 4.25. The summed E-state index contributed by atoms with van der Waals surface area (Å²) in [5, 5.41) is 15.4. The summed E-state index contributed by atoms with van der Waals surface area (Å²) in [7, 11) is 0. The first-order valence-corrected chi connectivity index (χ1v) is 12.6. The number of carbonyl (C=O) groups excluding carboxylic acids is 1. The molecule has 0 spiro atoms. The van der Waals surface area contributed by atoms with Gasteiger partial charge in [-0.3, -0.25) is 0 Å². The number of rotatable bonds is 8. The lowest BCUT2D eigenvalue weighted by Crippen LogP contribution is -2.48. The summed E-state index contributed by atoms with van der Waals surface area (Å²) in [5.41, 5.74) is 1.82. The molecule has 1 aliphatic rings. The topological polar surface area (TPSA) is 99.6 Å². The zero-order valence-electron chi connectivity index (χ0n) is 21.0. The number of carbonyl (C=O) groups is 1. The van der Waals surface area contributed by atoms with Gasteiger partial charge in [0.2, 0.25) is 0 Å². The van der Waals surface area contributed by atoms with Crippen LogP contribution in [0.1, 0.15) is 47.2 Å². The van der Waals surface area contributed by atoms with Gasteiger partial charge in [0.05, 0.1) is 35.8 Å². The number of aromatic nitrogens is 2. The highest BCUT2D eigenvalue weighted by Gasteiger charge is 2.27. The van der Waals surface area contributed by atoms with Crippen LogP contribution in [0.2, 0.25) is 0 Å². The van der Waals surface area contributed by atoms with Crippen LogP contribution < -0.4 is 15.5 Å². The normalized spacial score (nSPS) is 14.9. The van der Waals surface area contributed by atoms with Crippen molar-refractivity contribution in [2.75, 3.05) is 43.1 Å². The molecule has 0 radical (unpaired) electrons. The molecule has 3 rings (SSSR count). The van der Waals surface area contributed by atoms with E-state index in [1.54, 1.807) is 13.8 Å². The van der Waals surface area contributed by atoms with Crippen molar-refractivity contribution in [3.63, 3.8) is 0 Å². The maximum atomic E-state index is 12.2. The molecule has 0 unspecified atom stereocenters. The smallest absolute Gasteiger partial charge is 0.319 e. The van der Waals surface area contributed by atoms with E-state index in [-0.39, 0.29) is 17.4 Å². The average Bonchev–Trinajstić information content (AvgIpc) is 2.78. The second-order valence-electron chi connectivity index (χ2n) is 9.91. The Labute approximate surface area is 206 Å². The van der Waals surface area contributed by atoms with Crippen molar-refractivity contribution in [2.24, 2.45) is 0 Å². The summed E-state index contributed by atoms with van der Waals surface area (Å²) >= 11 is 1.88. The SMILES string of the molecule is CC(C)SC(C)(C)c1cc(N2CCOCC2)nc(-c2ccc(NC(=O)NC(C)(C)CO)cc2)n1. The summed E-state index contributed by atoms with van der Waals surface area (Å²) in [6, 6.07) is 9.23. The van der Waals surface area contributed by atoms with Crippen LogP contribution in [0.4, 0.5) is 16.3 Å². The van der Waals surface area contributed by atoms with Gasteiger partial charge in [-0.15, -0.1) is 11.8 Å². The molecule has 0 aliphatic carbocycles. The van der Waals surface area contributed by atoms with E-state index >= 15 is 0 Å². The number of urea groups is 1. The standard InChI is InChI=1S/C25H37N5O3S/c1-17(2)34-25(5,6)20-15-21(30-11-13-33-14-12-30)28-22(27-20)18-7-9-19(10-8-18)26-23(32)29-24(3,4)16-31/h7-10,15,17,31H,11-14,16H2,1-6H3,(H2,26,29,32). The number of hydrogen-bond acceptors (Lipinski definition) is 7. The molecule has 186 valence electrons. The number of ether oxygens (including phenoxy) is 1. The number of thioether (sulfide) groups is 1. The van der Waals surface area contributed by atoms with Gasteiger partial charge in [-0.25, -0.2) is 14.8 Å². The van der Waals surface area contributed by atoms with Crippen LogP contribution in [0.3, 0.4) is 0 Å². The average molecular weight is 488 g/mol. The van der Waals surface area contributed by atoms with Gasteiger partial charge in [0.25, 0.3) is 0 Å². The van der Waals surface area contributed by atoms with E-state index < -0.39 is 5.54 Å². The highest BCUT2D eigenvalue weighted by Crippen LogP contribution is 2.39. The van der Waals surface area contributed by atoms with Crippen molar-refractivity contribution in [1.82, 2.24) is 15.3 Å². The molecule has 0 bridgehead atoms. The third kappa shape index (κ3) is 7.07. The number of anilines is 2. The van der Waals surface area contributed by atoms with Crippen LogP contribution in [0, 0.1) is 0 Å². The Kier molecular flexibility index (Phi) is 8.43. The molecule has 9 heteroatoms. The van der Waals surface area contributed by atoms with Gasteiger partial charge in [-0.05, 0) is 57.2 Å². The van der Waals surface area contributed by atoms with E-state index in [1.165, 1.54) is 0 Å². The number of nitrogens with zero attached hydrogens (tertiary/aromatic N) is 3. The molecular weight excluding hydrogens is 450 g/mol. The van der Waals surface area contributed by atoms with Gasteiger partial charge < -0.3 is 25.4 Å². The van der Waals surface area contributed by atoms with Crippen molar-refractivity contribution in [2.45, 2.75) is 57.1 Å². The first-order chi connectivity index (χ1) is 16.0. The lowest BCUT2D eigenvalue weighted by Gasteiger charge is -2.31. The van der Waals surface area contributed by atoms with Gasteiger partial charge in [0.15, 0.2) is 5.82 Å². The summed E-state index contributed by atoms with van der Waals surface area (Å²) < 4.78 is 5.35. The molecular formula is C25H37N5O3S. The van der Waals surface area contributed by atoms with Gasteiger partial charge in [0, 0.05) is 30.4 Å². The molecule has 2 aromatic rings. The number of aliphatic hydroxyl groups is 1. The van der Waals surface area contributed by atoms with Crippen molar-refractivity contribution < 1.29 is 14.6 Å². The maximum absolute atomic E-state index is 12.2. The Hall–Kier alpha value is -2.36. The molecule has 3 N–H and O–H groups in total. The van der Waals surface area contributed by atoms with E-state index in [2.05, 4.69) is 49.3 Å². The minimum atomic E-state index is -0.699. The van der Waals surface area contributed by atoms with Crippen molar-refractivity contribution in [3.05, 3.63) is 36.0 Å². The van der Waals surface area contributed by atoms with Crippen LogP contribution >= 0.6 is 11.8 Å². The molecule has 2 heterocycles. The van der Waals surface area contributed by atoms with Crippen molar-refractivity contribution >= 4 is 29.3 Å². The molecule has 1 aromatic heterocycles. The molecule has 1 aliphatic heterocycles. The lowest BCUT2D eigenvalue weighted by molar-refractivity contribution is 0.122. The predicted molar refractivity (Wildman–Crippen MR) is 140 cm³/mol. The summed E-state index contributed by atoms with van der Waals surface area (Å²) in [4.78, 5) is 24.3. The zero-order valence-corrected chi connectivity index (χ0v) is 21.8. The van der Waals surface area contributed by atoms with Crippen molar-refractivity contribution in [1.29, 1.82) is 0 Å². The lowest BCUT2D eigenvalue weighted by atomic mass is 10.1. The maximum Gasteiger partial charge on any atom is 0.319 e. The van der Waals surface area contributed by atoms with Crippen LogP contribution in [0.5, 0.6) is 0 Å². The van der Waals surface area contributed by atoms with Crippen LogP contribution in [-0.4, -0.2) is 64.8 Å². The van der Waals surface area contributed by atoms with Gasteiger partial charge in [0.1, 0.15) is 5.82 Å². The largest absolute Gasteiger partial charge is 0.394 e. The Morgan fingerprint density at radius 2 is 1.79 bits per heavy atom. The van der Waals surface area contributed by atoms with E-state index in [4.69, 9.17) is 14.7 Å². The molecule has 1 fully saturated rings. The molecule has 0 saturated carbocycles. The highest BCUT2D eigenvalue weighted by atomic mass is 32.2. The Bertz CT molecular complexity index is 973. The number of hydrogen-bond donors (Lipinski definition) is 3. The van der Waals surface area contributed by atoms with Gasteiger partial charge in [-0.2, -0.15) is 0 Å². The zero-order chi connectivity index (χ0) is 24.9. The number of benzene rings is 1. The Morgan fingerprint density at radius 3 is 2.38 bits per heavy atom. The fourth-order valence-electron chi connectivity index (χ4n) is 3.69. The van der Waals surface area contributed by atoms with E-state index in [9.17, 15) is 9.90 Å². The number of amides is 2. The Balaban J connectivity index is 1.88. The molecule has 1 aromatic carbocycles. The summed E-state index contributed by atoms with van der Waals surface area (Å²) in [5.74, 6) is 1.57. The van der Waals surface area contributed by atoms with E-state index in [0.29, 0.717) is 30.0 Å². The van der Waals surface area contributed by atoms with Gasteiger partial charge in [-0.1, -0.05) is 13.8 Å². The molecule has 0 atom stereocenters. The number of nitrogens with one attached hydrogen (secondary N) is 2. The monoisotopic (exact) mass is 487 g/mol. The molecule has 2 amide bonds. The fraction of sp³-hybridized carbons (Fsp3) is 0.560. The summed E-state index contributed by atoms with van der Waals surface area (Å²) in [6.45, 7) is 15.1. The molecule has 8 nitrogen and oxygen atoms in total. The first-order valence-electron chi connectivity index (χ1n) is 11.7. The van der Waals surface area contributed by atoms with E-state index in [0.717, 1.165) is 30.2 Å². The first kappa shape index (κ1) is 26.2. The van der Waals surface area contributed by atoms with Gasteiger partial charge >= 0.3 is 6.03 Å². The minimum Gasteiger partial charge on any atom is -0.394 e. The van der Waals surface area contributed by atoms with Crippen molar-refractivity contribution in [3.8, 4) is 11.4 Å². The third-order valence-corrected chi connectivity index (χ3v) is 6.71.